The maximum Gasteiger partial charge on any atom is 0.122 e. The zero-order valence-corrected chi connectivity index (χ0v) is 11.8. The molecule has 3 N–H and O–H groups in total. The monoisotopic (exact) mass is 272 g/mol. The van der Waals surface area contributed by atoms with Crippen molar-refractivity contribution < 1.29 is 9.84 Å². The van der Waals surface area contributed by atoms with Gasteiger partial charge in [0.1, 0.15) is 5.75 Å². The third-order valence-corrected chi connectivity index (χ3v) is 3.52. The normalized spacial score (nSPS) is 13.8. The van der Waals surface area contributed by atoms with Gasteiger partial charge in [0.15, 0.2) is 0 Å². The van der Waals surface area contributed by atoms with E-state index in [4.69, 9.17) is 10.5 Å². The molecule has 0 fully saturated rings. The Morgan fingerprint density at radius 1 is 1.30 bits per heavy atom. The van der Waals surface area contributed by atoms with E-state index in [1.54, 1.807) is 19.5 Å². The minimum absolute atomic E-state index is 0.184. The van der Waals surface area contributed by atoms with Gasteiger partial charge in [-0.1, -0.05) is 18.2 Å². The molecular weight excluding hydrogens is 252 g/mol. The van der Waals surface area contributed by atoms with Crippen LogP contribution in [0.4, 0.5) is 0 Å². The zero-order chi connectivity index (χ0) is 14.5. The van der Waals surface area contributed by atoms with Crippen molar-refractivity contribution in [2.45, 2.75) is 18.9 Å². The lowest BCUT2D eigenvalue weighted by Crippen LogP contribution is -2.20. The van der Waals surface area contributed by atoms with Gasteiger partial charge in [-0.25, -0.2) is 0 Å². The number of hydrogen-bond acceptors (Lipinski definition) is 4. The van der Waals surface area contributed by atoms with Gasteiger partial charge >= 0.3 is 0 Å². The number of aliphatic hydroxyl groups is 1. The van der Waals surface area contributed by atoms with E-state index in [1.165, 1.54) is 0 Å². The van der Waals surface area contributed by atoms with Gasteiger partial charge in [0, 0.05) is 24.9 Å². The van der Waals surface area contributed by atoms with Crippen LogP contribution in [0.1, 0.15) is 28.7 Å². The summed E-state index contributed by atoms with van der Waals surface area (Å²) < 4.78 is 5.30. The number of nitrogens with zero attached hydrogens (tertiary/aromatic N) is 1. The zero-order valence-electron chi connectivity index (χ0n) is 11.8. The van der Waals surface area contributed by atoms with Crippen molar-refractivity contribution in [3.63, 3.8) is 0 Å². The lowest BCUT2D eigenvalue weighted by Gasteiger charge is -2.22. The van der Waals surface area contributed by atoms with Crippen molar-refractivity contribution in [3.05, 3.63) is 59.4 Å². The van der Waals surface area contributed by atoms with E-state index in [0.29, 0.717) is 6.54 Å². The van der Waals surface area contributed by atoms with E-state index >= 15 is 0 Å². The van der Waals surface area contributed by atoms with Crippen molar-refractivity contribution in [1.29, 1.82) is 0 Å². The summed E-state index contributed by atoms with van der Waals surface area (Å²) in [4.78, 5) is 4.09. The second kappa shape index (κ2) is 6.50. The van der Waals surface area contributed by atoms with Gasteiger partial charge in [0.05, 0.1) is 13.2 Å². The first kappa shape index (κ1) is 14.5. The fourth-order valence-electron chi connectivity index (χ4n) is 2.30. The molecule has 2 atom stereocenters. The number of aliphatic hydroxyl groups excluding tert-OH is 1. The average Bonchev–Trinajstić information content (AvgIpc) is 2.49. The number of aryl methyl sites for hydroxylation is 1. The van der Waals surface area contributed by atoms with Crippen LogP contribution >= 0.6 is 0 Å². The molecule has 20 heavy (non-hydrogen) atoms. The van der Waals surface area contributed by atoms with Crippen LogP contribution in [-0.4, -0.2) is 23.7 Å². The van der Waals surface area contributed by atoms with Crippen molar-refractivity contribution in [2.75, 3.05) is 13.7 Å². The van der Waals surface area contributed by atoms with E-state index in [1.807, 2.05) is 37.3 Å². The summed E-state index contributed by atoms with van der Waals surface area (Å²) >= 11 is 0. The lowest BCUT2D eigenvalue weighted by atomic mass is 9.89. The fraction of sp³-hybridized carbons (Fsp3) is 0.312. The van der Waals surface area contributed by atoms with E-state index < -0.39 is 6.10 Å². The molecule has 1 aromatic carbocycles. The molecule has 0 saturated heterocycles. The fourth-order valence-corrected chi connectivity index (χ4v) is 2.30. The van der Waals surface area contributed by atoms with Crippen molar-refractivity contribution >= 4 is 0 Å². The molecule has 4 nitrogen and oxygen atoms in total. The molecule has 0 radical (unpaired) electrons. The smallest absolute Gasteiger partial charge is 0.122 e. The van der Waals surface area contributed by atoms with Gasteiger partial charge in [-0.3, -0.25) is 4.98 Å². The molecule has 0 spiro atoms. The molecule has 0 aliphatic heterocycles. The predicted octanol–water partition coefficient (Wildman–Crippen LogP) is 2.17. The minimum Gasteiger partial charge on any atom is -0.496 e. The summed E-state index contributed by atoms with van der Waals surface area (Å²) in [5, 5.41) is 10.6. The van der Waals surface area contributed by atoms with Gasteiger partial charge < -0.3 is 15.6 Å². The van der Waals surface area contributed by atoms with E-state index in [2.05, 4.69) is 4.98 Å². The summed E-state index contributed by atoms with van der Waals surface area (Å²) in [7, 11) is 1.63. The van der Waals surface area contributed by atoms with Crippen LogP contribution in [-0.2, 0) is 0 Å². The molecule has 0 saturated carbocycles. The van der Waals surface area contributed by atoms with Crippen molar-refractivity contribution in [3.8, 4) is 5.75 Å². The standard InChI is InChI=1S/C16H20N2O2/c1-11-5-6-12(8-15(11)20-2)16(19)14(9-17)13-4-3-7-18-10-13/h3-8,10,14,16,19H,9,17H2,1-2H3. The molecule has 106 valence electrons. The number of benzene rings is 1. The molecule has 0 aliphatic rings. The number of pyridine rings is 1. The first-order valence-electron chi connectivity index (χ1n) is 6.60. The second-order valence-electron chi connectivity index (χ2n) is 4.80. The summed E-state index contributed by atoms with van der Waals surface area (Å²) in [6.07, 6.45) is 2.77. The number of rotatable bonds is 5. The maximum absolute atomic E-state index is 10.6. The van der Waals surface area contributed by atoms with Crippen LogP contribution in [0.3, 0.4) is 0 Å². The van der Waals surface area contributed by atoms with Crippen molar-refractivity contribution in [2.24, 2.45) is 5.73 Å². The Morgan fingerprint density at radius 2 is 2.10 bits per heavy atom. The molecule has 0 bridgehead atoms. The highest BCUT2D eigenvalue weighted by Gasteiger charge is 2.22. The lowest BCUT2D eigenvalue weighted by molar-refractivity contribution is 0.147. The molecule has 1 heterocycles. The van der Waals surface area contributed by atoms with Crippen LogP contribution in [0.2, 0.25) is 0 Å². The van der Waals surface area contributed by atoms with E-state index in [0.717, 1.165) is 22.4 Å². The summed E-state index contributed by atoms with van der Waals surface area (Å²) in [6.45, 7) is 2.32. The highest BCUT2D eigenvalue weighted by atomic mass is 16.5. The Morgan fingerprint density at radius 3 is 2.70 bits per heavy atom. The van der Waals surface area contributed by atoms with Crippen molar-refractivity contribution in [1.82, 2.24) is 4.98 Å². The Kier molecular flexibility index (Phi) is 4.71. The number of nitrogens with two attached hydrogens (primary N) is 1. The number of aromatic nitrogens is 1. The largest absolute Gasteiger partial charge is 0.496 e. The Labute approximate surface area is 119 Å². The Balaban J connectivity index is 2.31. The molecule has 4 heteroatoms. The van der Waals surface area contributed by atoms with Gasteiger partial charge in [0.2, 0.25) is 0 Å². The van der Waals surface area contributed by atoms with E-state index in [9.17, 15) is 5.11 Å². The van der Waals surface area contributed by atoms with Crippen LogP contribution in [0.25, 0.3) is 0 Å². The number of methoxy groups -OCH3 is 1. The Hall–Kier alpha value is -1.91. The molecule has 2 unspecified atom stereocenters. The highest BCUT2D eigenvalue weighted by molar-refractivity contribution is 5.38. The highest BCUT2D eigenvalue weighted by Crippen LogP contribution is 2.32. The maximum atomic E-state index is 10.6. The van der Waals surface area contributed by atoms with Crippen LogP contribution < -0.4 is 10.5 Å². The molecule has 2 rings (SSSR count). The molecule has 0 aliphatic carbocycles. The average molecular weight is 272 g/mol. The summed E-state index contributed by atoms with van der Waals surface area (Å²) in [5.74, 6) is 0.583. The predicted molar refractivity (Wildman–Crippen MR) is 78.7 cm³/mol. The van der Waals surface area contributed by atoms with Crippen LogP contribution in [0, 0.1) is 6.92 Å². The third-order valence-electron chi connectivity index (χ3n) is 3.52. The van der Waals surface area contributed by atoms with Gasteiger partial charge in [-0.15, -0.1) is 0 Å². The number of hydrogen-bond donors (Lipinski definition) is 2. The quantitative estimate of drug-likeness (QED) is 0.875. The third kappa shape index (κ3) is 2.98. The Bertz CT molecular complexity index is 558. The SMILES string of the molecule is COc1cc(C(O)C(CN)c2cccnc2)ccc1C. The number of ether oxygens (including phenoxy) is 1. The van der Waals surface area contributed by atoms with Gasteiger partial charge in [0.25, 0.3) is 0 Å². The van der Waals surface area contributed by atoms with E-state index in [-0.39, 0.29) is 5.92 Å². The van der Waals surface area contributed by atoms with Gasteiger partial charge in [-0.2, -0.15) is 0 Å². The first-order valence-corrected chi connectivity index (χ1v) is 6.60. The minimum atomic E-state index is -0.682. The topological polar surface area (TPSA) is 68.4 Å². The van der Waals surface area contributed by atoms with Gasteiger partial charge in [-0.05, 0) is 35.7 Å². The first-order chi connectivity index (χ1) is 9.67. The molecule has 0 amide bonds. The summed E-state index contributed by atoms with van der Waals surface area (Å²) in [5.41, 5.74) is 8.59. The molecule has 1 aromatic heterocycles. The molecular formula is C16H20N2O2. The van der Waals surface area contributed by atoms with Crippen LogP contribution in [0.5, 0.6) is 5.75 Å². The summed E-state index contributed by atoms with van der Waals surface area (Å²) in [6, 6.07) is 9.48. The second-order valence-corrected chi connectivity index (χ2v) is 4.80. The molecule has 2 aromatic rings. The van der Waals surface area contributed by atoms with Crippen LogP contribution in [0.15, 0.2) is 42.7 Å².